The van der Waals surface area contributed by atoms with Crippen LogP contribution in [0.4, 0.5) is 0 Å². The molecular formula is C30H23N3O7. The van der Waals surface area contributed by atoms with Crippen LogP contribution in [0, 0.1) is 11.3 Å². The van der Waals surface area contributed by atoms with Gasteiger partial charge in [-0.2, -0.15) is 5.26 Å². The maximum atomic E-state index is 13.1. The zero-order chi connectivity index (χ0) is 28.6. The second-order valence-corrected chi connectivity index (χ2v) is 8.64. The van der Waals surface area contributed by atoms with Crippen molar-refractivity contribution in [3.05, 3.63) is 119 Å². The van der Waals surface area contributed by atoms with Gasteiger partial charge in [0, 0.05) is 29.7 Å². The van der Waals surface area contributed by atoms with Crippen LogP contribution in [0.1, 0.15) is 27.0 Å². The van der Waals surface area contributed by atoms with E-state index in [-0.39, 0.29) is 23.5 Å². The van der Waals surface area contributed by atoms with Crippen molar-refractivity contribution in [3.63, 3.8) is 0 Å². The molecule has 200 valence electrons. The Bertz CT molecular complexity index is 1580. The molecule has 10 nitrogen and oxygen atoms in total. The molecule has 0 bridgehead atoms. The third kappa shape index (κ3) is 6.54. The molecule has 0 saturated heterocycles. The topological polar surface area (TPSA) is 162 Å². The van der Waals surface area contributed by atoms with Gasteiger partial charge < -0.3 is 25.5 Å². The molecule has 3 aromatic carbocycles. The first-order valence-electron chi connectivity index (χ1n) is 12.0. The number of phenolic OH excluding ortho intramolecular Hbond substituents is 1. The monoisotopic (exact) mass is 537 g/mol. The number of hydrogen-bond donors (Lipinski definition) is 4. The summed E-state index contributed by atoms with van der Waals surface area (Å²) in [5.41, 5.74) is 1.63. The number of aromatic nitrogens is 1. The summed E-state index contributed by atoms with van der Waals surface area (Å²) in [5, 5.41) is 41.2. The summed E-state index contributed by atoms with van der Waals surface area (Å²) in [7, 11) is 0. The zero-order valence-corrected chi connectivity index (χ0v) is 20.9. The number of hydrogen-bond acceptors (Lipinski definition) is 8. The minimum Gasteiger partial charge on any atom is -0.508 e. The molecule has 0 unspecified atom stereocenters. The van der Waals surface area contributed by atoms with Crippen molar-refractivity contribution in [1.29, 1.82) is 5.26 Å². The van der Waals surface area contributed by atoms with E-state index >= 15 is 0 Å². The molecule has 1 heterocycles. The lowest BCUT2D eigenvalue weighted by Gasteiger charge is -2.18. The highest BCUT2D eigenvalue weighted by Gasteiger charge is 2.27. The number of aromatic hydroxyl groups is 3. The molecule has 1 amide bonds. The van der Waals surface area contributed by atoms with E-state index in [1.807, 2.05) is 0 Å². The highest BCUT2D eigenvalue weighted by atomic mass is 16.7. The number of phenols is 1. The molecule has 0 fully saturated rings. The fourth-order valence-corrected chi connectivity index (χ4v) is 3.75. The van der Waals surface area contributed by atoms with Gasteiger partial charge in [-0.05, 0) is 29.3 Å². The van der Waals surface area contributed by atoms with Crippen LogP contribution in [0.25, 0.3) is 6.08 Å². The third-order valence-corrected chi connectivity index (χ3v) is 5.83. The molecule has 0 aliphatic carbocycles. The predicted molar refractivity (Wildman–Crippen MR) is 143 cm³/mol. The number of carbonyl (C=O) groups excluding carboxylic acids is 3. The Balaban J connectivity index is 1.57. The smallest absolute Gasteiger partial charge is 0.355 e. The number of nitriles is 1. The molecule has 1 atom stereocenters. The fraction of sp³-hybridized carbons (Fsp3) is 0.0667. The highest BCUT2D eigenvalue weighted by molar-refractivity contribution is 6.09. The number of ketones is 1. The second kappa shape index (κ2) is 12.1. The van der Waals surface area contributed by atoms with Crippen LogP contribution in [-0.2, 0) is 16.0 Å². The summed E-state index contributed by atoms with van der Waals surface area (Å²) >= 11 is 0. The van der Waals surface area contributed by atoms with Crippen LogP contribution in [-0.4, -0.2) is 43.8 Å². The molecule has 0 saturated carbocycles. The standard InChI is InChI=1S/C30H23N3O7/c31-18-23(16-19-8-12-24(34)13-9-19)29(38)32-25(30(39)40-33-26(35)14-15-27(33)36)17-20-6-10-22(11-7-20)28(37)21-4-2-1-3-5-21/h1-16,25,34-36H,17H2,(H,32,38)/t25-/m0/s1. The minimum atomic E-state index is -1.36. The van der Waals surface area contributed by atoms with Crippen LogP contribution >= 0.6 is 0 Å². The van der Waals surface area contributed by atoms with Gasteiger partial charge in [0.05, 0.1) is 0 Å². The summed E-state index contributed by atoms with van der Waals surface area (Å²) in [6.45, 7) is 0. The van der Waals surface area contributed by atoms with Gasteiger partial charge in [0.25, 0.3) is 5.91 Å². The average molecular weight is 538 g/mol. The van der Waals surface area contributed by atoms with Crippen molar-refractivity contribution < 1.29 is 34.5 Å². The second-order valence-electron chi connectivity index (χ2n) is 8.64. The van der Waals surface area contributed by atoms with E-state index in [2.05, 4.69) is 5.32 Å². The maximum absolute atomic E-state index is 13.1. The van der Waals surface area contributed by atoms with Crippen LogP contribution < -0.4 is 10.2 Å². The molecule has 4 aromatic rings. The van der Waals surface area contributed by atoms with Crippen LogP contribution in [0.3, 0.4) is 0 Å². The van der Waals surface area contributed by atoms with Gasteiger partial charge in [0.1, 0.15) is 23.4 Å². The van der Waals surface area contributed by atoms with Gasteiger partial charge in [-0.1, -0.05) is 66.7 Å². The van der Waals surface area contributed by atoms with Gasteiger partial charge in [-0.3, -0.25) is 9.59 Å². The Morgan fingerprint density at radius 3 is 2.05 bits per heavy atom. The molecular weight excluding hydrogens is 514 g/mol. The van der Waals surface area contributed by atoms with Crippen molar-refractivity contribution in [2.75, 3.05) is 0 Å². The summed E-state index contributed by atoms with van der Waals surface area (Å²) in [4.78, 5) is 43.8. The van der Waals surface area contributed by atoms with Crippen LogP contribution in [0.2, 0.25) is 0 Å². The number of benzene rings is 3. The lowest BCUT2D eigenvalue weighted by Crippen LogP contribution is -2.46. The Hall–Kier alpha value is -5.82. The lowest BCUT2D eigenvalue weighted by molar-refractivity contribution is -0.149. The zero-order valence-electron chi connectivity index (χ0n) is 20.9. The predicted octanol–water partition coefficient (Wildman–Crippen LogP) is 3.13. The molecule has 0 aliphatic rings. The number of amides is 1. The average Bonchev–Trinajstić information content (AvgIpc) is 3.29. The Labute approximate surface area is 228 Å². The van der Waals surface area contributed by atoms with Gasteiger partial charge in [0.15, 0.2) is 5.78 Å². The summed E-state index contributed by atoms with van der Waals surface area (Å²) in [5.74, 6) is -3.20. The molecule has 4 N–H and O–H groups in total. The van der Waals surface area contributed by atoms with Gasteiger partial charge >= 0.3 is 5.97 Å². The molecule has 10 heteroatoms. The first-order valence-corrected chi connectivity index (χ1v) is 12.0. The normalized spacial score (nSPS) is 11.7. The lowest BCUT2D eigenvalue weighted by atomic mass is 9.99. The number of nitrogens with one attached hydrogen (secondary N) is 1. The third-order valence-electron chi connectivity index (χ3n) is 5.83. The summed E-state index contributed by atoms with van der Waals surface area (Å²) in [6.07, 6.45) is 1.18. The largest absolute Gasteiger partial charge is 0.508 e. The molecule has 4 rings (SSSR count). The molecule has 0 aliphatic heterocycles. The van der Waals surface area contributed by atoms with E-state index in [4.69, 9.17) is 4.84 Å². The Kier molecular flexibility index (Phi) is 8.27. The number of nitrogens with zero attached hydrogens (tertiary/aromatic N) is 2. The first-order chi connectivity index (χ1) is 19.2. The Morgan fingerprint density at radius 2 is 1.45 bits per heavy atom. The van der Waals surface area contributed by atoms with Crippen molar-refractivity contribution in [2.24, 2.45) is 0 Å². The van der Waals surface area contributed by atoms with Gasteiger partial charge in [-0.25, -0.2) is 4.79 Å². The molecule has 0 radical (unpaired) electrons. The molecule has 40 heavy (non-hydrogen) atoms. The summed E-state index contributed by atoms with van der Waals surface area (Å²) < 4.78 is 0.487. The molecule has 1 aromatic heterocycles. The number of carbonyl (C=O) groups is 3. The Morgan fingerprint density at radius 1 is 0.850 bits per heavy atom. The summed E-state index contributed by atoms with van der Waals surface area (Å²) in [6, 6.07) is 23.5. The fourth-order valence-electron chi connectivity index (χ4n) is 3.75. The quantitative estimate of drug-likeness (QED) is 0.144. The van der Waals surface area contributed by atoms with Crippen LogP contribution in [0.15, 0.2) is 96.6 Å². The van der Waals surface area contributed by atoms with E-state index in [1.54, 1.807) is 60.7 Å². The van der Waals surface area contributed by atoms with E-state index in [0.29, 0.717) is 27.0 Å². The minimum absolute atomic E-state index is 0.0101. The van der Waals surface area contributed by atoms with E-state index in [0.717, 1.165) is 12.1 Å². The van der Waals surface area contributed by atoms with Crippen molar-refractivity contribution >= 4 is 23.7 Å². The maximum Gasteiger partial charge on any atom is 0.355 e. The van der Waals surface area contributed by atoms with Crippen molar-refractivity contribution in [1.82, 2.24) is 10.0 Å². The van der Waals surface area contributed by atoms with Crippen molar-refractivity contribution in [3.8, 4) is 23.6 Å². The van der Waals surface area contributed by atoms with E-state index in [9.17, 15) is 35.0 Å². The molecule has 0 spiro atoms. The first kappa shape index (κ1) is 27.2. The van der Waals surface area contributed by atoms with Crippen LogP contribution in [0.5, 0.6) is 17.5 Å². The van der Waals surface area contributed by atoms with E-state index < -0.39 is 29.7 Å². The van der Waals surface area contributed by atoms with E-state index in [1.165, 1.54) is 30.3 Å². The number of rotatable bonds is 9. The van der Waals surface area contributed by atoms with Gasteiger partial charge in [-0.15, -0.1) is 4.73 Å². The SMILES string of the molecule is N#CC(=Cc1ccc(O)cc1)C(=O)N[C@@H](Cc1ccc(C(=O)c2ccccc2)cc1)C(=O)On1c(O)ccc1O. The van der Waals surface area contributed by atoms with Crippen molar-refractivity contribution in [2.45, 2.75) is 12.5 Å². The highest BCUT2D eigenvalue weighted by Crippen LogP contribution is 2.20. The van der Waals surface area contributed by atoms with Gasteiger partial charge in [0.2, 0.25) is 11.8 Å².